The number of hydrogen-bond donors (Lipinski definition) is 0. The van der Waals surface area contributed by atoms with Gasteiger partial charge in [-0.05, 0) is 11.8 Å². The second-order valence-electron chi connectivity index (χ2n) is 8.93. The highest BCUT2D eigenvalue weighted by atomic mass is 14.1. The van der Waals surface area contributed by atoms with E-state index < -0.39 is 0 Å². The fraction of sp³-hybridized carbons (Fsp3) is 1.00. The van der Waals surface area contributed by atoms with E-state index >= 15 is 0 Å². The molecule has 0 aliphatic heterocycles. The molecule has 0 aromatic carbocycles. The number of rotatable bonds is 20. The SMILES string of the molecule is CCCCCCC(C)CCCCCCCCCCCCCC(C)CC. The van der Waals surface area contributed by atoms with Gasteiger partial charge in [0, 0.05) is 0 Å². The summed E-state index contributed by atoms with van der Waals surface area (Å²) in [6.45, 7) is 9.49. The Bertz CT molecular complexity index is 232. The van der Waals surface area contributed by atoms with Crippen LogP contribution in [0.1, 0.15) is 150 Å². The van der Waals surface area contributed by atoms with Crippen molar-refractivity contribution in [2.24, 2.45) is 11.8 Å². The molecule has 152 valence electrons. The molecule has 0 aliphatic rings. The van der Waals surface area contributed by atoms with Crippen molar-refractivity contribution in [1.29, 1.82) is 0 Å². The summed E-state index contributed by atoms with van der Waals surface area (Å²) in [4.78, 5) is 0. The highest BCUT2D eigenvalue weighted by Crippen LogP contribution is 2.19. The standard InChI is InChI=1S/C25H52/c1-5-7-8-18-22-25(4)23-20-17-15-13-11-9-10-12-14-16-19-21-24(3)6-2/h24-25H,5-23H2,1-4H3. The molecule has 0 saturated carbocycles. The van der Waals surface area contributed by atoms with Gasteiger partial charge in [0.1, 0.15) is 0 Å². The van der Waals surface area contributed by atoms with Gasteiger partial charge < -0.3 is 0 Å². The van der Waals surface area contributed by atoms with E-state index in [4.69, 9.17) is 0 Å². The van der Waals surface area contributed by atoms with E-state index in [-0.39, 0.29) is 0 Å². The molecule has 0 amide bonds. The fourth-order valence-corrected chi connectivity index (χ4v) is 3.84. The molecule has 0 spiro atoms. The molecule has 0 heteroatoms. The van der Waals surface area contributed by atoms with Gasteiger partial charge in [0.05, 0.1) is 0 Å². The molecule has 0 aromatic rings. The van der Waals surface area contributed by atoms with Crippen LogP contribution in [0.3, 0.4) is 0 Å². The summed E-state index contributed by atoms with van der Waals surface area (Å²) in [5, 5.41) is 0. The van der Waals surface area contributed by atoms with Gasteiger partial charge in [-0.3, -0.25) is 0 Å². The third-order valence-electron chi connectivity index (χ3n) is 6.14. The molecule has 0 nitrogen and oxygen atoms in total. The first-order valence-corrected chi connectivity index (χ1v) is 12.2. The van der Waals surface area contributed by atoms with Crippen molar-refractivity contribution in [3.8, 4) is 0 Å². The molecular formula is C25H52. The lowest BCUT2D eigenvalue weighted by molar-refractivity contribution is 0.432. The van der Waals surface area contributed by atoms with Crippen LogP contribution in [-0.2, 0) is 0 Å². The lowest BCUT2D eigenvalue weighted by Gasteiger charge is -2.10. The van der Waals surface area contributed by atoms with Crippen molar-refractivity contribution in [2.75, 3.05) is 0 Å². The molecule has 25 heavy (non-hydrogen) atoms. The maximum Gasteiger partial charge on any atom is -0.0443 e. The summed E-state index contributed by atoms with van der Waals surface area (Å²) in [7, 11) is 0. The zero-order chi connectivity index (χ0) is 18.6. The summed E-state index contributed by atoms with van der Waals surface area (Å²) >= 11 is 0. The van der Waals surface area contributed by atoms with Gasteiger partial charge >= 0.3 is 0 Å². The average Bonchev–Trinajstić information content (AvgIpc) is 2.62. The Hall–Kier alpha value is 0. The topological polar surface area (TPSA) is 0 Å². The Kier molecular flexibility index (Phi) is 20.3. The van der Waals surface area contributed by atoms with Crippen molar-refractivity contribution in [1.82, 2.24) is 0 Å². The van der Waals surface area contributed by atoms with E-state index in [9.17, 15) is 0 Å². The van der Waals surface area contributed by atoms with Gasteiger partial charge in [-0.1, -0.05) is 150 Å². The molecule has 0 aliphatic carbocycles. The molecule has 0 bridgehead atoms. The second kappa shape index (κ2) is 20.3. The van der Waals surface area contributed by atoms with E-state index in [1.165, 1.54) is 122 Å². The van der Waals surface area contributed by atoms with E-state index in [2.05, 4.69) is 27.7 Å². The van der Waals surface area contributed by atoms with Gasteiger partial charge in [0.15, 0.2) is 0 Å². The number of hydrogen-bond acceptors (Lipinski definition) is 0. The van der Waals surface area contributed by atoms with E-state index in [1.54, 1.807) is 0 Å². The van der Waals surface area contributed by atoms with Crippen molar-refractivity contribution in [3.05, 3.63) is 0 Å². The minimum atomic E-state index is 0.948. The highest BCUT2D eigenvalue weighted by Gasteiger charge is 2.02. The molecule has 0 radical (unpaired) electrons. The first-order chi connectivity index (χ1) is 12.2. The van der Waals surface area contributed by atoms with Crippen LogP contribution in [0.5, 0.6) is 0 Å². The highest BCUT2D eigenvalue weighted by molar-refractivity contribution is 4.56. The maximum atomic E-state index is 2.47. The van der Waals surface area contributed by atoms with Crippen molar-refractivity contribution in [3.63, 3.8) is 0 Å². The lowest BCUT2D eigenvalue weighted by Crippen LogP contribution is -1.95. The van der Waals surface area contributed by atoms with Gasteiger partial charge in [-0.15, -0.1) is 0 Å². The molecule has 0 heterocycles. The predicted molar refractivity (Wildman–Crippen MR) is 117 cm³/mol. The zero-order valence-corrected chi connectivity index (χ0v) is 18.6. The third-order valence-corrected chi connectivity index (χ3v) is 6.14. The van der Waals surface area contributed by atoms with Crippen LogP contribution in [0.4, 0.5) is 0 Å². The molecule has 0 saturated heterocycles. The molecule has 0 fully saturated rings. The minimum Gasteiger partial charge on any atom is -0.0654 e. The van der Waals surface area contributed by atoms with Crippen LogP contribution < -0.4 is 0 Å². The first-order valence-electron chi connectivity index (χ1n) is 12.2. The van der Waals surface area contributed by atoms with Gasteiger partial charge in [-0.2, -0.15) is 0 Å². The molecule has 0 N–H and O–H groups in total. The predicted octanol–water partition coefficient (Wildman–Crippen LogP) is 9.71. The van der Waals surface area contributed by atoms with Crippen LogP contribution in [0.15, 0.2) is 0 Å². The summed E-state index contributed by atoms with van der Waals surface area (Å²) < 4.78 is 0. The Morgan fingerprint density at radius 2 is 0.720 bits per heavy atom. The van der Waals surface area contributed by atoms with Gasteiger partial charge in [0.2, 0.25) is 0 Å². The fourth-order valence-electron chi connectivity index (χ4n) is 3.84. The lowest BCUT2D eigenvalue weighted by atomic mass is 9.96. The molecule has 2 unspecified atom stereocenters. The van der Waals surface area contributed by atoms with Crippen LogP contribution in [0.2, 0.25) is 0 Å². The Balaban J connectivity index is 3.11. The first kappa shape index (κ1) is 25.0. The smallest absolute Gasteiger partial charge is 0.0443 e. The normalized spacial score (nSPS) is 13.9. The summed E-state index contributed by atoms with van der Waals surface area (Å²) in [5.74, 6) is 1.92. The molecular weight excluding hydrogens is 300 g/mol. The molecule has 0 aromatic heterocycles. The zero-order valence-electron chi connectivity index (χ0n) is 18.6. The van der Waals surface area contributed by atoms with Crippen molar-refractivity contribution in [2.45, 2.75) is 150 Å². The van der Waals surface area contributed by atoms with Crippen LogP contribution in [-0.4, -0.2) is 0 Å². The van der Waals surface area contributed by atoms with Gasteiger partial charge in [0.25, 0.3) is 0 Å². The summed E-state index contributed by atoms with van der Waals surface area (Å²) in [5.41, 5.74) is 0. The monoisotopic (exact) mass is 352 g/mol. The largest absolute Gasteiger partial charge is 0.0654 e. The van der Waals surface area contributed by atoms with Crippen molar-refractivity contribution >= 4 is 0 Å². The molecule has 0 rings (SSSR count). The number of unbranched alkanes of at least 4 members (excludes halogenated alkanes) is 13. The second-order valence-corrected chi connectivity index (χ2v) is 8.93. The van der Waals surface area contributed by atoms with E-state index in [0.29, 0.717) is 0 Å². The van der Waals surface area contributed by atoms with Gasteiger partial charge in [-0.25, -0.2) is 0 Å². The Labute approximate surface area is 161 Å². The minimum absolute atomic E-state index is 0.948. The van der Waals surface area contributed by atoms with E-state index in [0.717, 1.165) is 11.8 Å². The quantitative estimate of drug-likeness (QED) is 0.191. The van der Waals surface area contributed by atoms with Crippen LogP contribution >= 0.6 is 0 Å². The Morgan fingerprint density at radius 3 is 1.08 bits per heavy atom. The van der Waals surface area contributed by atoms with Crippen LogP contribution in [0, 0.1) is 11.8 Å². The van der Waals surface area contributed by atoms with Crippen LogP contribution in [0.25, 0.3) is 0 Å². The third kappa shape index (κ3) is 20.2. The maximum absolute atomic E-state index is 2.47. The molecule has 2 atom stereocenters. The van der Waals surface area contributed by atoms with E-state index in [1.807, 2.05) is 0 Å². The van der Waals surface area contributed by atoms with Crippen molar-refractivity contribution < 1.29 is 0 Å². The average molecular weight is 353 g/mol. The summed E-state index contributed by atoms with van der Waals surface area (Å²) in [6, 6.07) is 0. The Morgan fingerprint density at radius 1 is 0.400 bits per heavy atom. The summed E-state index contributed by atoms with van der Waals surface area (Å²) in [6.07, 6.45) is 27.8.